The lowest BCUT2D eigenvalue weighted by Crippen LogP contribution is -2.30. The van der Waals surface area contributed by atoms with Crippen molar-refractivity contribution in [2.75, 3.05) is 20.3 Å². The summed E-state index contributed by atoms with van der Waals surface area (Å²) in [5.41, 5.74) is 0.385. The fraction of sp³-hybridized carbons (Fsp3) is 0.538. The zero-order valence-corrected chi connectivity index (χ0v) is 11.0. The van der Waals surface area contributed by atoms with Gasteiger partial charge >= 0.3 is 5.97 Å². The van der Waals surface area contributed by atoms with Crippen LogP contribution < -0.4 is 5.32 Å². The van der Waals surface area contributed by atoms with Gasteiger partial charge in [-0.15, -0.1) is 0 Å². The van der Waals surface area contributed by atoms with E-state index in [9.17, 15) is 9.59 Å². The molecule has 6 nitrogen and oxygen atoms in total. The second-order valence-electron chi connectivity index (χ2n) is 4.45. The van der Waals surface area contributed by atoms with Gasteiger partial charge in [-0.2, -0.15) is 0 Å². The third kappa shape index (κ3) is 3.14. The number of furan rings is 1. The predicted octanol–water partition coefficient (Wildman–Crippen LogP) is 1.03. The largest absolute Gasteiger partial charge is 0.465 e. The summed E-state index contributed by atoms with van der Waals surface area (Å²) in [6.45, 7) is 3.04. The molecule has 1 aromatic heterocycles. The van der Waals surface area contributed by atoms with Crippen molar-refractivity contribution in [2.45, 2.75) is 19.9 Å². The molecule has 0 radical (unpaired) electrons. The van der Waals surface area contributed by atoms with Crippen LogP contribution in [0.1, 0.15) is 28.3 Å². The number of hydrogen-bond acceptors (Lipinski definition) is 5. The monoisotopic (exact) mass is 267 g/mol. The van der Waals surface area contributed by atoms with Gasteiger partial charge in [0, 0.05) is 6.61 Å². The highest BCUT2D eigenvalue weighted by Crippen LogP contribution is 2.16. The summed E-state index contributed by atoms with van der Waals surface area (Å²) in [4.78, 5) is 23.2. The van der Waals surface area contributed by atoms with E-state index in [-0.39, 0.29) is 18.4 Å². The summed E-state index contributed by atoms with van der Waals surface area (Å²) in [7, 11) is 1.32. The maximum Gasteiger partial charge on any atom is 0.341 e. The SMILES string of the molecule is COC(=O)c1cc(CNC(=O)C2CCOC2)oc1C. The molecule has 2 rings (SSSR count). The second-order valence-corrected chi connectivity index (χ2v) is 4.45. The second kappa shape index (κ2) is 5.88. The molecule has 0 aromatic carbocycles. The van der Waals surface area contributed by atoms with Gasteiger partial charge in [0.1, 0.15) is 17.1 Å². The molecule has 1 aromatic rings. The maximum atomic E-state index is 11.8. The van der Waals surface area contributed by atoms with E-state index in [2.05, 4.69) is 10.1 Å². The summed E-state index contributed by atoms with van der Waals surface area (Å²) >= 11 is 0. The average molecular weight is 267 g/mol. The Morgan fingerprint density at radius 2 is 2.32 bits per heavy atom. The Balaban J connectivity index is 1.92. The Hall–Kier alpha value is -1.82. The molecule has 1 saturated heterocycles. The van der Waals surface area contributed by atoms with Gasteiger partial charge < -0.3 is 19.2 Å². The van der Waals surface area contributed by atoms with Crippen LogP contribution in [0.15, 0.2) is 10.5 Å². The lowest BCUT2D eigenvalue weighted by Gasteiger charge is -2.07. The van der Waals surface area contributed by atoms with Crippen molar-refractivity contribution in [3.05, 3.63) is 23.2 Å². The summed E-state index contributed by atoms with van der Waals surface area (Å²) in [5.74, 6) is 0.441. The summed E-state index contributed by atoms with van der Waals surface area (Å²) in [6, 6.07) is 1.59. The van der Waals surface area contributed by atoms with Gasteiger partial charge in [-0.05, 0) is 19.4 Å². The van der Waals surface area contributed by atoms with Crippen LogP contribution in [0, 0.1) is 12.8 Å². The Labute approximate surface area is 111 Å². The van der Waals surface area contributed by atoms with Crippen LogP contribution in [0.4, 0.5) is 0 Å². The van der Waals surface area contributed by atoms with Crippen molar-refractivity contribution in [1.82, 2.24) is 5.32 Å². The Bertz CT molecular complexity index is 473. The van der Waals surface area contributed by atoms with Crippen molar-refractivity contribution in [3.8, 4) is 0 Å². The molecular weight excluding hydrogens is 250 g/mol. The third-order valence-corrected chi connectivity index (χ3v) is 3.11. The number of rotatable bonds is 4. The van der Waals surface area contributed by atoms with E-state index < -0.39 is 5.97 Å². The van der Waals surface area contributed by atoms with Gasteiger partial charge in [0.25, 0.3) is 0 Å². The predicted molar refractivity (Wildman–Crippen MR) is 65.6 cm³/mol. The van der Waals surface area contributed by atoms with E-state index >= 15 is 0 Å². The third-order valence-electron chi connectivity index (χ3n) is 3.11. The number of aryl methyl sites for hydroxylation is 1. The van der Waals surface area contributed by atoms with E-state index in [0.29, 0.717) is 30.3 Å². The molecule has 0 spiro atoms. The lowest BCUT2D eigenvalue weighted by molar-refractivity contribution is -0.125. The maximum absolute atomic E-state index is 11.8. The topological polar surface area (TPSA) is 77.8 Å². The molecule has 104 valence electrons. The highest BCUT2D eigenvalue weighted by molar-refractivity contribution is 5.90. The molecule has 0 saturated carbocycles. The molecule has 0 bridgehead atoms. The molecule has 0 aliphatic carbocycles. The molecule has 1 unspecified atom stereocenters. The first-order valence-electron chi connectivity index (χ1n) is 6.15. The fourth-order valence-corrected chi connectivity index (χ4v) is 2.00. The van der Waals surface area contributed by atoms with Gasteiger partial charge in [-0.3, -0.25) is 4.79 Å². The van der Waals surface area contributed by atoms with Gasteiger partial charge in [0.15, 0.2) is 0 Å². The minimum atomic E-state index is -0.442. The zero-order valence-electron chi connectivity index (χ0n) is 11.0. The van der Waals surface area contributed by atoms with Gasteiger partial charge in [0.05, 0.1) is 26.2 Å². The van der Waals surface area contributed by atoms with Crippen LogP contribution in [-0.4, -0.2) is 32.2 Å². The molecule has 1 aliphatic rings. The molecule has 1 amide bonds. The first-order chi connectivity index (χ1) is 9.11. The van der Waals surface area contributed by atoms with Crippen LogP contribution >= 0.6 is 0 Å². The normalized spacial score (nSPS) is 18.3. The fourth-order valence-electron chi connectivity index (χ4n) is 2.00. The van der Waals surface area contributed by atoms with Crippen LogP contribution in [0.2, 0.25) is 0 Å². The standard InChI is InChI=1S/C13H17NO5/c1-8-11(13(16)17-2)5-10(19-8)6-14-12(15)9-3-4-18-7-9/h5,9H,3-4,6-7H2,1-2H3,(H,14,15). The molecule has 1 fully saturated rings. The quantitative estimate of drug-likeness (QED) is 0.824. The van der Waals surface area contributed by atoms with E-state index in [1.54, 1.807) is 13.0 Å². The van der Waals surface area contributed by atoms with Gasteiger partial charge in [-0.25, -0.2) is 4.79 Å². The van der Waals surface area contributed by atoms with Crippen LogP contribution in [-0.2, 0) is 20.8 Å². The average Bonchev–Trinajstić information content (AvgIpc) is 3.04. The number of nitrogens with one attached hydrogen (secondary N) is 1. The molecule has 2 heterocycles. The highest BCUT2D eigenvalue weighted by Gasteiger charge is 2.23. The van der Waals surface area contributed by atoms with Crippen LogP contribution in [0.5, 0.6) is 0 Å². The van der Waals surface area contributed by atoms with Crippen molar-refractivity contribution >= 4 is 11.9 Å². The van der Waals surface area contributed by atoms with Crippen LogP contribution in [0.25, 0.3) is 0 Å². The first kappa shape index (κ1) is 13.6. The van der Waals surface area contributed by atoms with E-state index in [0.717, 1.165) is 6.42 Å². The number of ether oxygens (including phenoxy) is 2. The number of amides is 1. The summed E-state index contributed by atoms with van der Waals surface area (Å²) < 4.78 is 15.2. The zero-order chi connectivity index (χ0) is 13.8. The number of esters is 1. The van der Waals surface area contributed by atoms with Gasteiger partial charge in [0.2, 0.25) is 5.91 Å². The van der Waals surface area contributed by atoms with Gasteiger partial charge in [-0.1, -0.05) is 0 Å². The first-order valence-corrected chi connectivity index (χ1v) is 6.15. The minimum Gasteiger partial charge on any atom is -0.465 e. The van der Waals surface area contributed by atoms with Crippen molar-refractivity contribution in [2.24, 2.45) is 5.92 Å². The summed E-state index contributed by atoms with van der Waals surface area (Å²) in [6.07, 6.45) is 0.746. The Morgan fingerprint density at radius 1 is 1.53 bits per heavy atom. The van der Waals surface area contributed by atoms with Crippen molar-refractivity contribution in [3.63, 3.8) is 0 Å². The van der Waals surface area contributed by atoms with E-state index in [4.69, 9.17) is 9.15 Å². The smallest absolute Gasteiger partial charge is 0.341 e. The lowest BCUT2D eigenvalue weighted by atomic mass is 10.1. The Morgan fingerprint density at radius 3 is 2.95 bits per heavy atom. The molecule has 1 atom stereocenters. The number of methoxy groups -OCH3 is 1. The highest BCUT2D eigenvalue weighted by atomic mass is 16.5. The molecular formula is C13H17NO5. The summed E-state index contributed by atoms with van der Waals surface area (Å²) in [5, 5.41) is 2.77. The molecule has 6 heteroatoms. The molecule has 19 heavy (non-hydrogen) atoms. The number of carbonyl (C=O) groups excluding carboxylic acids is 2. The number of carbonyl (C=O) groups is 2. The Kier molecular flexibility index (Phi) is 4.21. The van der Waals surface area contributed by atoms with E-state index in [1.165, 1.54) is 7.11 Å². The molecule has 1 N–H and O–H groups in total. The number of hydrogen-bond donors (Lipinski definition) is 1. The van der Waals surface area contributed by atoms with Crippen molar-refractivity contribution < 1.29 is 23.5 Å². The molecule has 1 aliphatic heterocycles. The van der Waals surface area contributed by atoms with E-state index in [1.807, 2.05) is 0 Å². The van der Waals surface area contributed by atoms with Crippen molar-refractivity contribution in [1.29, 1.82) is 0 Å². The van der Waals surface area contributed by atoms with Crippen LogP contribution in [0.3, 0.4) is 0 Å². The minimum absolute atomic E-state index is 0.0498.